The average molecular weight is 529 g/mol. The van der Waals surface area contributed by atoms with E-state index in [1.807, 2.05) is 50.1 Å². The summed E-state index contributed by atoms with van der Waals surface area (Å²) in [5, 5.41) is 13.6. The SMILES string of the molecule is CCNC(=NCc1cccc(OC)c1O)N(C)Cc1cc(OC)c(OC)cc1C.I. The highest BCUT2D eigenvalue weighted by molar-refractivity contribution is 14.0. The number of nitrogens with zero attached hydrogens (tertiary/aromatic N) is 2. The largest absolute Gasteiger partial charge is 0.504 e. The van der Waals surface area contributed by atoms with Gasteiger partial charge in [-0.1, -0.05) is 12.1 Å². The van der Waals surface area contributed by atoms with E-state index in [4.69, 9.17) is 14.2 Å². The molecule has 7 nitrogen and oxygen atoms in total. The van der Waals surface area contributed by atoms with Crippen molar-refractivity contribution in [2.75, 3.05) is 34.9 Å². The molecule has 0 unspecified atom stereocenters. The minimum absolute atomic E-state index is 0. The number of guanidine groups is 1. The Balaban J connectivity index is 0.00000450. The first-order valence-electron chi connectivity index (χ1n) is 9.50. The number of phenolic OH excluding ortho intramolecular Hbond substituents is 1. The Morgan fingerprint density at radius 3 is 2.27 bits per heavy atom. The molecule has 0 saturated heterocycles. The number of phenols is 1. The standard InChI is InChI=1S/C22H31N3O4.HI/c1-7-23-22(24-13-16-9-8-10-18(27-4)21(16)26)25(3)14-17-12-20(29-6)19(28-5)11-15(17)2;/h8-12,26H,7,13-14H2,1-6H3,(H,23,24);1H. The molecular weight excluding hydrogens is 497 g/mol. The van der Waals surface area contributed by atoms with E-state index in [9.17, 15) is 5.11 Å². The number of halogens is 1. The molecular formula is C22H32IN3O4. The van der Waals surface area contributed by atoms with Crippen LogP contribution in [0.15, 0.2) is 35.3 Å². The van der Waals surface area contributed by atoms with Gasteiger partial charge in [0, 0.05) is 25.7 Å². The quantitative estimate of drug-likeness (QED) is 0.307. The molecule has 0 atom stereocenters. The van der Waals surface area contributed by atoms with Crippen molar-refractivity contribution < 1.29 is 19.3 Å². The van der Waals surface area contributed by atoms with Crippen LogP contribution in [0.3, 0.4) is 0 Å². The number of aromatic hydroxyl groups is 1. The van der Waals surface area contributed by atoms with E-state index in [0.29, 0.717) is 35.9 Å². The molecule has 2 N–H and O–H groups in total. The number of benzene rings is 2. The van der Waals surface area contributed by atoms with Crippen LogP contribution in [0.1, 0.15) is 23.6 Å². The molecule has 0 saturated carbocycles. The molecule has 0 aliphatic carbocycles. The van der Waals surface area contributed by atoms with Crippen molar-refractivity contribution in [2.24, 2.45) is 4.99 Å². The number of aliphatic imine (C=N–C) groups is 1. The van der Waals surface area contributed by atoms with Crippen molar-refractivity contribution in [2.45, 2.75) is 26.9 Å². The lowest BCUT2D eigenvalue weighted by Crippen LogP contribution is -2.38. The fourth-order valence-electron chi connectivity index (χ4n) is 3.01. The summed E-state index contributed by atoms with van der Waals surface area (Å²) in [6.07, 6.45) is 0. The smallest absolute Gasteiger partial charge is 0.194 e. The normalized spacial score (nSPS) is 10.8. The predicted octanol–water partition coefficient (Wildman–Crippen LogP) is 3.94. The third-order valence-corrected chi connectivity index (χ3v) is 4.65. The fourth-order valence-corrected chi connectivity index (χ4v) is 3.01. The Hall–Kier alpha value is -2.36. The summed E-state index contributed by atoms with van der Waals surface area (Å²) in [5.41, 5.74) is 2.92. The zero-order chi connectivity index (χ0) is 21.4. The van der Waals surface area contributed by atoms with Gasteiger partial charge < -0.3 is 29.5 Å². The van der Waals surface area contributed by atoms with E-state index >= 15 is 0 Å². The van der Waals surface area contributed by atoms with Crippen LogP contribution in [0.5, 0.6) is 23.0 Å². The van der Waals surface area contributed by atoms with Crippen LogP contribution in [0.2, 0.25) is 0 Å². The molecule has 2 aromatic rings. The molecule has 0 radical (unpaired) electrons. The highest BCUT2D eigenvalue weighted by atomic mass is 127. The molecule has 2 aromatic carbocycles. The first-order chi connectivity index (χ1) is 13.9. The maximum absolute atomic E-state index is 10.3. The number of nitrogens with one attached hydrogen (secondary N) is 1. The lowest BCUT2D eigenvalue weighted by molar-refractivity contribution is 0.353. The van der Waals surface area contributed by atoms with Crippen molar-refractivity contribution in [1.29, 1.82) is 0 Å². The zero-order valence-electron chi connectivity index (χ0n) is 18.5. The van der Waals surface area contributed by atoms with E-state index < -0.39 is 0 Å². The highest BCUT2D eigenvalue weighted by Crippen LogP contribution is 2.31. The molecule has 0 heterocycles. The summed E-state index contributed by atoms with van der Waals surface area (Å²) < 4.78 is 16.0. The summed E-state index contributed by atoms with van der Waals surface area (Å²) in [7, 11) is 6.77. The maximum atomic E-state index is 10.3. The third-order valence-electron chi connectivity index (χ3n) is 4.65. The van der Waals surface area contributed by atoms with Crippen LogP contribution >= 0.6 is 24.0 Å². The van der Waals surface area contributed by atoms with Crippen LogP contribution in [0.25, 0.3) is 0 Å². The van der Waals surface area contributed by atoms with E-state index in [-0.39, 0.29) is 29.7 Å². The molecule has 8 heteroatoms. The van der Waals surface area contributed by atoms with Gasteiger partial charge in [0.05, 0.1) is 27.9 Å². The highest BCUT2D eigenvalue weighted by Gasteiger charge is 2.13. The Bertz CT molecular complexity index is 859. The number of hydrogen-bond acceptors (Lipinski definition) is 5. The second kappa shape index (κ2) is 12.4. The number of methoxy groups -OCH3 is 3. The maximum Gasteiger partial charge on any atom is 0.194 e. The summed E-state index contributed by atoms with van der Waals surface area (Å²) in [6, 6.07) is 9.36. The lowest BCUT2D eigenvalue weighted by Gasteiger charge is -2.24. The van der Waals surface area contributed by atoms with Gasteiger partial charge in [0.15, 0.2) is 29.0 Å². The van der Waals surface area contributed by atoms with Crippen molar-refractivity contribution in [1.82, 2.24) is 10.2 Å². The van der Waals surface area contributed by atoms with Crippen LogP contribution in [-0.4, -0.2) is 50.9 Å². The molecule has 0 amide bonds. The van der Waals surface area contributed by atoms with Gasteiger partial charge in [0.2, 0.25) is 0 Å². The number of hydrogen-bond donors (Lipinski definition) is 2. The van der Waals surface area contributed by atoms with Crippen molar-refractivity contribution in [3.05, 3.63) is 47.0 Å². The fraction of sp³-hybridized carbons (Fsp3) is 0.409. The number of ether oxygens (including phenoxy) is 3. The Kier molecular flexibility index (Phi) is 10.6. The molecule has 166 valence electrons. The molecule has 0 spiro atoms. The van der Waals surface area contributed by atoms with Gasteiger partial charge >= 0.3 is 0 Å². The van der Waals surface area contributed by atoms with Gasteiger partial charge in [-0.2, -0.15) is 0 Å². The lowest BCUT2D eigenvalue weighted by atomic mass is 10.1. The van der Waals surface area contributed by atoms with E-state index in [2.05, 4.69) is 10.3 Å². The van der Waals surface area contributed by atoms with Gasteiger partial charge in [-0.25, -0.2) is 4.99 Å². The zero-order valence-corrected chi connectivity index (χ0v) is 20.8. The van der Waals surface area contributed by atoms with E-state index in [0.717, 1.165) is 23.6 Å². The van der Waals surface area contributed by atoms with Crippen molar-refractivity contribution >= 4 is 29.9 Å². The topological polar surface area (TPSA) is 75.6 Å². The van der Waals surface area contributed by atoms with Crippen molar-refractivity contribution in [3.63, 3.8) is 0 Å². The first kappa shape index (κ1) is 25.7. The van der Waals surface area contributed by atoms with Gasteiger partial charge in [-0.05, 0) is 43.2 Å². The van der Waals surface area contributed by atoms with Crippen molar-refractivity contribution in [3.8, 4) is 23.0 Å². The monoisotopic (exact) mass is 529 g/mol. The second-order valence-electron chi connectivity index (χ2n) is 6.63. The molecule has 30 heavy (non-hydrogen) atoms. The summed E-state index contributed by atoms with van der Waals surface area (Å²) in [6.45, 7) is 5.78. The molecule has 0 bridgehead atoms. The third kappa shape index (κ3) is 6.32. The molecule has 0 aromatic heterocycles. The molecule has 0 aliphatic heterocycles. The summed E-state index contributed by atoms with van der Waals surface area (Å²) in [5.74, 6) is 2.71. The Morgan fingerprint density at radius 1 is 1.03 bits per heavy atom. The molecule has 0 fully saturated rings. The average Bonchev–Trinajstić information content (AvgIpc) is 2.72. The Morgan fingerprint density at radius 2 is 1.67 bits per heavy atom. The molecule has 2 rings (SSSR count). The summed E-state index contributed by atoms with van der Waals surface area (Å²) >= 11 is 0. The minimum atomic E-state index is 0. The van der Waals surface area contributed by atoms with E-state index in [1.165, 1.54) is 7.11 Å². The Labute approximate surface area is 196 Å². The van der Waals surface area contributed by atoms with Crippen LogP contribution in [0, 0.1) is 6.92 Å². The minimum Gasteiger partial charge on any atom is -0.504 e. The van der Waals surface area contributed by atoms with Gasteiger partial charge in [0.25, 0.3) is 0 Å². The summed E-state index contributed by atoms with van der Waals surface area (Å²) in [4.78, 5) is 6.72. The van der Waals surface area contributed by atoms with Crippen LogP contribution in [0.4, 0.5) is 0 Å². The molecule has 0 aliphatic rings. The first-order valence-corrected chi connectivity index (χ1v) is 9.50. The van der Waals surface area contributed by atoms with Gasteiger partial charge in [-0.15, -0.1) is 24.0 Å². The van der Waals surface area contributed by atoms with Crippen LogP contribution < -0.4 is 19.5 Å². The van der Waals surface area contributed by atoms with Gasteiger partial charge in [0.1, 0.15) is 0 Å². The number of rotatable bonds is 8. The number of para-hydroxylation sites is 1. The van der Waals surface area contributed by atoms with E-state index in [1.54, 1.807) is 20.3 Å². The second-order valence-corrected chi connectivity index (χ2v) is 6.63. The predicted molar refractivity (Wildman–Crippen MR) is 131 cm³/mol. The number of aryl methyl sites for hydroxylation is 1. The van der Waals surface area contributed by atoms with Gasteiger partial charge in [-0.3, -0.25) is 0 Å². The van der Waals surface area contributed by atoms with Crippen LogP contribution in [-0.2, 0) is 13.1 Å².